The molecule has 0 aliphatic carbocycles. The highest BCUT2D eigenvalue weighted by Crippen LogP contribution is 2.19. The molecule has 2 aromatic rings. The van der Waals surface area contributed by atoms with Crippen molar-refractivity contribution in [3.8, 4) is 5.75 Å². The number of fused-ring (bicyclic) bond motifs is 1. The maximum atomic E-state index is 12.0. The largest absolute Gasteiger partial charge is 0.492 e. The number of carboxylic acid groups (broad SMARTS) is 1. The topological polar surface area (TPSA) is 205 Å². The molecule has 2 rings (SSSR count). The Morgan fingerprint density at radius 1 is 1.41 bits per heavy atom. The van der Waals surface area contributed by atoms with Crippen LogP contribution in [0.1, 0.15) is 12.0 Å². The molecule has 1 heterocycles. The van der Waals surface area contributed by atoms with Crippen molar-refractivity contribution >= 4 is 22.8 Å². The number of carboxylic acids is 1. The van der Waals surface area contributed by atoms with Crippen molar-refractivity contribution in [1.82, 2.24) is 10.3 Å². The van der Waals surface area contributed by atoms with Crippen molar-refractivity contribution in [2.45, 2.75) is 12.8 Å². The van der Waals surface area contributed by atoms with Gasteiger partial charge in [-0.3, -0.25) is 15.0 Å². The van der Waals surface area contributed by atoms with E-state index in [-0.39, 0.29) is 24.4 Å². The Morgan fingerprint density at radius 3 is 2.67 bits per heavy atom. The monoisotopic (exact) mass is 381 g/mol. The second-order valence-electron chi connectivity index (χ2n) is 5.19. The van der Waals surface area contributed by atoms with Crippen LogP contribution in [0.5, 0.6) is 5.75 Å². The normalized spacial score (nSPS) is 9.78. The van der Waals surface area contributed by atoms with E-state index in [0.29, 0.717) is 30.0 Å². The van der Waals surface area contributed by atoms with E-state index in [1.807, 2.05) is 0 Å². The van der Waals surface area contributed by atoms with Crippen LogP contribution in [-0.2, 0) is 11.2 Å². The van der Waals surface area contributed by atoms with Gasteiger partial charge in [-0.1, -0.05) is 0 Å². The summed E-state index contributed by atoms with van der Waals surface area (Å²) in [7, 11) is 0. The number of nitrogens with zero attached hydrogens (tertiary/aromatic N) is 1. The van der Waals surface area contributed by atoms with E-state index in [9.17, 15) is 9.59 Å². The van der Waals surface area contributed by atoms with Gasteiger partial charge in [0, 0.05) is 18.1 Å². The highest BCUT2D eigenvalue weighted by molar-refractivity contribution is 5.80. The molecular formula is C15H19N5O7. The summed E-state index contributed by atoms with van der Waals surface area (Å²) in [6.45, 7) is 0.726. The Morgan fingerprint density at radius 2 is 2.07 bits per heavy atom. The maximum absolute atomic E-state index is 12.0. The lowest BCUT2D eigenvalue weighted by Crippen LogP contribution is -2.33. The molecule has 0 unspecified atom stereocenters. The van der Waals surface area contributed by atoms with Crippen molar-refractivity contribution in [2.24, 2.45) is 5.73 Å². The number of hydrogen-bond acceptors (Lipinski definition) is 6. The smallest absolute Gasteiger partial charge is 0.303 e. The highest BCUT2D eigenvalue weighted by Gasteiger charge is 2.06. The molecular weight excluding hydrogens is 362 g/mol. The Hall–Kier alpha value is -3.83. The highest BCUT2D eigenvalue weighted by atomic mass is 16.9. The zero-order valence-electron chi connectivity index (χ0n) is 14.1. The number of aliphatic carboxylic acids is 1. The van der Waals surface area contributed by atoms with Gasteiger partial charge >= 0.3 is 5.97 Å². The van der Waals surface area contributed by atoms with E-state index in [0.717, 1.165) is 5.39 Å². The first-order valence-electron chi connectivity index (χ1n) is 7.60. The van der Waals surface area contributed by atoms with E-state index < -0.39 is 11.1 Å². The molecule has 7 N–H and O–H groups in total. The van der Waals surface area contributed by atoms with Crippen LogP contribution in [-0.4, -0.2) is 45.5 Å². The summed E-state index contributed by atoms with van der Waals surface area (Å²) >= 11 is 0. The number of aromatic nitrogens is 1. The minimum absolute atomic E-state index is 0.0844. The average molecular weight is 381 g/mol. The van der Waals surface area contributed by atoms with Gasteiger partial charge in [0.05, 0.1) is 12.1 Å². The van der Waals surface area contributed by atoms with Crippen LogP contribution in [0.15, 0.2) is 29.1 Å². The Bertz CT molecular complexity index is 876. The van der Waals surface area contributed by atoms with Gasteiger partial charge in [0.2, 0.25) is 0 Å². The van der Waals surface area contributed by atoms with Gasteiger partial charge in [0.15, 0.2) is 5.96 Å². The molecule has 0 fully saturated rings. The summed E-state index contributed by atoms with van der Waals surface area (Å²) in [4.78, 5) is 33.7. The van der Waals surface area contributed by atoms with Crippen molar-refractivity contribution in [2.75, 3.05) is 13.2 Å². The molecule has 0 saturated heterocycles. The number of ether oxygens (including phenoxy) is 1. The van der Waals surface area contributed by atoms with Gasteiger partial charge < -0.3 is 31.1 Å². The van der Waals surface area contributed by atoms with Gasteiger partial charge in [-0.05, 0) is 30.0 Å². The number of hydrogen-bond donors (Lipinski definition) is 6. The molecule has 0 saturated carbocycles. The fourth-order valence-corrected chi connectivity index (χ4v) is 2.10. The fraction of sp³-hybridized carbons (Fsp3) is 0.267. The summed E-state index contributed by atoms with van der Waals surface area (Å²) in [5.41, 5.74) is 5.92. The third kappa shape index (κ3) is 8.20. The van der Waals surface area contributed by atoms with Crippen LogP contribution in [0, 0.1) is 15.5 Å². The van der Waals surface area contributed by atoms with E-state index in [2.05, 4.69) is 10.3 Å². The van der Waals surface area contributed by atoms with Crippen LogP contribution >= 0.6 is 0 Å². The Labute approximate surface area is 152 Å². The van der Waals surface area contributed by atoms with Crippen LogP contribution in [0.25, 0.3) is 10.9 Å². The van der Waals surface area contributed by atoms with Crippen molar-refractivity contribution in [3.63, 3.8) is 0 Å². The van der Waals surface area contributed by atoms with Crippen LogP contribution in [0.4, 0.5) is 0 Å². The van der Waals surface area contributed by atoms with Gasteiger partial charge in [-0.25, -0.2) is 0 Å². The van der Waals surface area contributed by atoms with Gasteiger partial charge in [-0.2, -0.15) is 0 Å². The van der Waals surface area contributed by atoms with Gasteiger partial charge in [0.1, 0.15) is 12.4 Å². The van der Waals surface area contributed by atoms with E-state index in [1.165, 1.54) is 0 Å². The van der Waals surface area contributed by atoms with E-state index in [4.69, 9.17) is 36.3 Å². The molecule has 0 bridgehead atoms. The molecule has 12 nitrogen and oxygen atoms in total. The summed E-state index contributed by atoms with van der Waals surface area (Å²) in [6.07, 6.45) is 0.106. The van der Waals surface area contributed by atoms with E-state index >= 15 is 0 Å². The first kappa shape index (κ1) is 21.2. The standard InChI is InChI=1S/C15H18N4O4.HNO3/c16-15(17)18-5-6-23-11-3-1-9-7-10(2-4-13(20)21)14(22)19-12(9)8-11;2-1(3)4/h1,3,7-8H,2,4-6H2,(H,19,22)(H,20,21)(H4,16,17,18);(H,2,3,4). The Balaban J connectivity index is 0.000000828. The third-order valence-electron chi connectivity index (χ3n) is 3.19. The lowest BCUT2D eigenvalue weighted by Gasteiger charge is -2.09. The number of rotatable bonds is 7. The zero-order chi connectivity index (χ0) is 20.4. The molecule has 146 valence electrons. The molecule has 0 aliphatic heterocycles. The number of nitrogens with two attached hydrogens (primary N) is 1. The molecule has 27 heavy (non-hydrogen) atoms. The molecule has 0 aliphatic rings. The van der Waals surface area contributed by atoms with Crippen molar-refractivity contribution in [1.29, 1.82) is 5.41 Å². The third-order valence-corrected chi connectivity index (χ3v) is 3.19. The minimum atomic E-state index is -1.50. The molecule has 0 amide bonds. The predicted molar refractivity (Wildman–Crippen MR) is 94.7 cm³/mol. The van der Waals surface area contributed by atoms with Crippen LogP contribution < -0.4 is 21.3 Å². The van der Waals surface area contributed by atoms with Gasteiger partial charge in [0.25, 0.3) is 10.6 Å². The van der Waals surface area contributed by atoms with Crippen LogP contribution in [0.3, 0.4) is 0 Å². The number of benzene rings is 1. The van der Waals surface area contributed by atoms with Crippen LogP contribution in [0.2, 0.25) is 0 Å². The predicted octanol–water partition coefficient (Wildman–Crippen LogP) is 0.0595. The number of carbonyl (C=O) groups is 1. The second-order valence-corrected chi connectivity index (χ2v) is 5.19. The molecule has 0 spiro atoms. The van der Waals surface area contributed by atoms with E-state index in [1.54, 1.807) is 24.3 Å². The lowest BCUT2D eigenvalue weighted by atomic mass is 10.1. The SMILES string of the molecule is N=C(N)NCCOc1ccc2cc(CCC(=O)O)c(=O)[nH]c2c1.O=[N+]([O-])O. The zero-order valence-corrected chi connectivity index (χ0v) is 14.1. The fourth-order valence-electron chi connectivity index (χ4n) is 2.10. The number of nitrogens with one attached hydrogen (secondary N) is 3. The number of aryl methyl sites for hydroxylation is 1. The molecule has 12 heteroatoms. The molecule has 1 aromatic carbocycles. The van der Waals surface area contributed by atoms with Gasteiger partial charge in [-0.15, -0.1) is 10.1 Å². The number of pyridine rings is 1. The number of aromatic amines is 1. The summed E-state index contributed by atoms with van der Waals surface area (Å²) in [5.74, 6) is -0.477. The summed E-state index contributed by atoms with van der Waals surface area (Å²) < 4.78 is 5.50. The molecule has 0 atom stereocenters. The molecule has 1 aromatic heterocycles. The van der Waals surface area contributed by atoms with Crippen molar-refractivity contribution in [3.05, 3.63) is 50.3 Å². The molecule has 0 radical (unpaired) electrons. The average Bonchev–Trinajstić information content (AvgIpc) is 2.56. The minimum Gasteiger partial charge on any atom is -0.492 e. The second kappa shape index (κ2) is 10.2. The summed E-state index contributed by atoms with van der Waals surface area (Å²) in [6, 6.07) is 6.95. The summed E-state index contributed by atoms with van der Waals surface area (Å²) in [5, 5.41) is 32.8. The lowest BCUT2D eigenvalue weighted by molar-refractivity contribution is -0.742. The number of H-pyrrole nitrogens is 1. The van der Waals surface area contributed by atoms with Crippen molar-refractivity contribution < 1.29 is 24.9 Å². The first-order valence-corrected chi connectivity index (χ1v) is 7.60. The quantitative estimate of drug-likeness (QED) is 0.126. The Kier molecular flexibility index (Phi) is 8.03. The first-order chi connectivity index (χ1) is 12.7. The maximum Gasteiger partial charge on any atom is 0.303 e. The number of guanidine groups is 1.